The summed E-state index contributed by atoms with van der Waals surface area (Å²) in [5.41, 5.74) is -0.0362. The van der Waals surface area contributed by atoms with Gasteiger partial charge in [-0.05, 0) is 11.8 Å². The standard InChI is InChI=1S/C8H17NO3S/c1-7(10)9-13(11,12)6-5-8(2,3)4/h5-6H2,1-4H3,(H,9,10). The predicted molar refractivity (Wildman–Crippen MR) is 51.7 cm³/mol. The van der Waals surface area contributed by atoms with Crippen LogP contribution in [0.5, 0.6) is 0 Å². The molecule has 0 fully saturated rings. The zero-order valence-corrected chi connectivity index (χ0v) is 9.36. The summed E-state index contributed by atoms with van der Waals surface area (Å²) in [6.07, 6.45) is 0.537. The summed E-state index contributed by atoms with van der Waals surface area (Å²) in [4.78, 5) is 10.5. The van der Waals surface area contributed by atoms with Gasteiger partial charge in [-0.15, -0.1) is 0 Å². The van der Waals surface area contributed by atoms with Gasteiger partial charge in [-0.1, -0.05) is 20.8 Å². The lowest BCUT2D eigenvalue weighted by Crippen LogP contribution is -2.31. The van der Waals surface area contributed by atoms with Crippen LogP contribution in [0.2, 0.25) is 0 Å². The molecule has 13 heavy (non-hydrogen) atoms. The topological polar surface area (TPSA) is 63.2 Å². The van der Waals surface area contributed by atoms with Gasteiger partial charge >= 0.3 is 0 Å². The number of nitrogens with one attached hydrogen (secondary N) is 1. The van der Waals surface area contributed by atoms with Gasteiger partial charge in [-0.25, -0.2) is 8.42 Å². The van der Waals surface area contributed by atoms with Crippen molar-refractivity contribution in [3.05, 3.63) is 0 Å². The van der Waals surface area contributed by atoms with Gasteiger partial charge in [-0.3, -0.25) is 9.52 Å². The van der Waals surface area contributed by atoms with Crippen molar-refractivity contribution >= 4 is 15.9 Å². The summed E-state index contributed by atoms with van der Waals surface area (Å²) < 4.78 is 24.2. The first-order valence-corrected chi connectivity index (χ1v) is 5.79. The highest BCUT2D eigenvalue weighted by atomic mass is 32.2. The molecule has 78 valence electrons. The molecule has 4 nitrogen and oxygen atoms in total. The Kier molecular flexibility index (Phi) is 3.90. The summed E-state index contributed by atoms with van der Waals surface area (Å²) in [6.45, 7) is 7.05. The van der Waals surface area contributed by atoms with Crippen molar-refractivity contribution in [3.63, 3.8) is 0 Å². The Bertz CT molecular complexity index is 274. The Hall–Kier alpha value is -0.580. The van der Waals surface area contributed by atoms with Crippen LogP contribution in [-0.4, -0.2) is 20.1 Å². The van der Waals surface area contributed by atoms with E-state index >= 15 is 0 Å². The summed E-state index contributed by atoms with van der Waals surface area (Å²) in [5.74, 6) is -0.537. The third kappa shape index (κ3) is 7.77. The summed E-state index contributed by atoms with van der Waals surface area (Å²) in [6, 6.07) is 0. The Morgan fingerprint density at radius 2 is 1.77 bits per heavy atom. The van der Waals surface area contributed by atoms with E-state index in [4.69, 9.17) is 0 Å². The van der Waals surface area contributed by atoms with Crippen LogP contribution in [0.4, 0.5) is 0 Å². The molecule has 0 aromatic carbocycles. The third-order valence-corrected chi connectivity index (χ3v) is 2.76. The Labute approximate surface area is 79.8 Å². The Morgan fingerprint density at radius 3 is 2.08 bits per heavy atom. The second-order valence-corrected chi connectivity index (χ2v) is 6.13. The molecule has 0 radical (unpaired) electrons. The van der Waals surface area contributed by atoms with E-state index in [0.29, 0.717) is 6.42 Å². The maximum Gasteiger partial charge on any atom is 0.234 e. The minimum atomic E-state index is -3.41. The minimum Gasteiger partial charge on any atom is -0.274 e. The highest BCUT2D eigenvalue weighted by molar-refractivity contribution is 7.90. The highest BCUT2D eigenvalue weighted by Crippen LogP contribution is 2.18. The fourth-order valence-corrected chi connectivity index (χ4v) is 2.13. The molecule has 0 bridgehead atoms. The van der Waals surface area contributed by atoms with Gasteiger partial charge in [0.1, 0.15) is 0 Å². The maximum atomic E-state index is 11.2. The number of rotatable bonds is 3. The van der Waals surface area contributed by atoms with Gasteiger partial charge in [0.25, 0.3) is 0 Å². The van der Waals surface area contributed by atoms with Gasteiger partial charge in [0.2, 0.25) is 15.9 Å². The smallest absolute Gasteiger partial charge is 0.234 e. The molecular formula is C8H17NO3S. The molecule has 0 aromatic heterocycles. The fourth-order valence-electron chi connectivity index (χ4n) is 0.711. The predicted octanol–water partition coefficient (Wildman–Crippen LogP) is 0.888. The van der Waals surface area contributed by atoms with E-state index in [-0.39, 0.29) is 11.2 Å². The molecule has 0 aliphatic rings. The first-order valence-electron chi connectivity index (χ1n) is 4.13. The zero-order chi connectivity index (χ0) is 10.7. The van der Waals surface area contributed by atoms with E-state index < -0.39 is 15.9 Å². The summed E-state index contributed by atoms with van der Waals surface area (Å²) in [5, 5.41) is 0. The lowest BCUT2D eigenvalue weighted by atomic mass is 9.94. The van der Waals surface area contributed by atoms with Crippen molar-refractivity contribution in [1.82, 2.24) is 4.72 Å². The van der Waals surface area contributed by atoms with Gasteiger partial charge in [0.15, 0.2) is 0 Å². The van der Waals surface area contributed by atoms with Crippen molar-refractivity contribution in [2.75, 3.05) is 5.75 Å². The quantitative estimate of drug-likeness (QED) is 0.747. The van der Waals surface area contributed by atoms with E-state index in [1.165, 1.54) is 6.92 Å². The lowest BCUT2D eigenvalue weighted by molar-refractivity contribution is -0.117. The molecule has 0 unspecified atom stereocenters. The minimum absolute atomic E-state index is 0.00389. The maximum absolute atomic E-state index is 11.2. The lowest BCUT2D eigenvalue weighted by Gasteiger charge is -2.17. The van der Waals surface area contributed by atoms with E-state index in [9.17, 15) is 13.2 Å². The van der Waals surface area contributed by atoms with Crippen LogP contribution in [0.1, 0.15) is 34.1 Å². The van der Waals surface area contributed by atoms with E-state index in [2.05, 4.69) is 0 Å². The molecular weight excluding hydrogens is 190 g/mol. The summed E-state index contributed by atoms with van der Waals surface area (Å²) in [7, 11) is -3.41. The normalized spacial score (nSPS) is 12.6. The average Bonchev–Trinajstić information content (AvgIpc) is 1.79. The number of carbonyl (C=O) groups is 1. The molecule has 1 N–H and O–H groups in total. The van der Waals surface area contributed by atoms with Crippen LogP contribution in [-0.2, 0) is 14.8 Å². The first kappa shape index (κ1) is 12.4. The van der Waals surface area contributed by atoms with Crippen LogP contribution < -0.4 is 4.72 Å². The van der Waals surface area contributed by atoms with Crippen molar-refractivity contribution < 1.29 is 13.2 Å². The van der Waals surface area contributed by atoms with E-state index in [1.807, 2.05) is 25.5 Å². The highest BCUT2D eigenvalue weighted by Gasteiger charge is 2.17. The number of hydrogen-bond donors (Lipinski definition) is 1. The molecule has 0 saturated carbocycles. The van der Waals surface area contributed by atoms with Crippen LogP contribution in [0.15, 0.2) is 0 Å². The molecule has 0 spiro atoms. The number of hydrogen-bond acceptors (Lipinski definition) is 3. The molecule has 1 amide bonds. The van der Waals surface area contributed by atoms with Gasteiger partial charge in [0.05, 0.1) is 5.75 Å². The molecule has 0 aliphatic carbocycles. The van der Waals surface area contributed by atoms with Gasteiger partial charge in [0, 0.05) is 6.92 Å². The summed E-state index contributed by atoms with van der Waals surface area (Å²) >= 11 is 0. The van der Waals surface area contributed by atoms with E-state index in [1.54, 1.807) is 0 Å². The SMILES string of the molecule is CC(=O)NS(=O)(=O)CCC(C)(C)C. The third-order valence-electron chi connectivity index (χ3n) is 1.42. The molecule has 0 atom stereocenters. The van der Waals surface area contributed by atoms with Crippen LogP contribution in [0.25, 0.3) is 0 Å². The zero-order valence-electron chi connectivity index (χ0n) is 8.55. The van der Waals surface area contributed by atoms with Crippen LogP contribution in [0.3, 0.4) is 0 Å². The molecule has 0 rings (SSSR count). The number of sulfonamides is 1. The van der Waals surface area contributed by atoms with Crippen molar-refractivity contribution in [2.45, 2.75) is 34.1 Å². The Balaban J connectivity index is 4.13. The average molecular weight is 207 g/mol. The second-order valence-electron chi connectivity index (χ2n) is 4.29. The van der Waals surface area contributed by atoms with Crippen molar-refractivity contribution in [2.24, 2.45) is 5.41 Å². The molecule has 0 saturated heterocycles. The largest absolute Gasteiger partial charge is 0.274 e. The van der Waals surface area contributed by atoms with Crippen LogP contribution in [0, 0.1) is 5.41 Å². The van der Waals surface area contributed by atoms with Crippen molar-refractivity contribution in [1.29, 1.82) is 0 Å². The molecule has 0 heterocycles. The first-order chi connectivity index (χ1) is 5.62. The Morgan fingerprint density at radius 1 is 1.31 bits per heavy atom. The fraction of sp³-hybridized carbons (Fsp3) is 0.875. The second kappa shape index (κ2) is 4.09. The van der Waals surface area contributed by atoms with E-state index in [0.717, 1.165) is 0 Å². The molecule has 0 aromatic rings. The molecule has 0 aliphatic heterocycles. The van der Waals surface area contributed by atoms with Gasteiger partial charge in [-0.2, -0.15) is 0 Å². The van der Waals surface area contributed by atoms with Crippen molar-refractivity contribution in [3.8, 4) is 0 Å². The van der Waals surface area contributed by atoms with Gasteiger partial charge < -0.3 is 0 Å². The number of carbonyl (C=O) groups excluding carboxylic acids is 1. The number of amides is 1. The monoisotopic (exact) mass is 207 g/mol. The molecule has 5 heteroatoms. The van der Waals surface area contributed by atoms with Crippen LogP contribution >= 0.6 is 0 Å².